The van der Waals surface area contributed by atoms with Crippen LogP contribution in [0, 0.1) is 0 Å². The monoisotopic (exact) mass is 954 g/mol. The SMILES string of the molecule is CC(=O)OC[C@@]1(CO)O[C@@H](c2ccc3c(NC(=O)OC(C)(C)C)ncnn23)[C@@H]2OC(C)(C)O[C@@H]21.CC[C@]1(COC(C)=O)O[C@@H](c2ccc3c(NC(=O)OC(C)(C)C)ncnn23)[C@@H]2OC(C)(C)O[C@@H]21. The van der Waals surface area contributed by atoms with Gasteiger partial charge in [-0.25, -0.2) is 28.6 Å². The molecule has 0 aromatic carbocycles. The van der Waals surface area contributed by atoms with Crippen molar-refractivity contribution in [3.8, 4) is 0 Å². The van der Waals surface area contributed by atoms with Crippen LogP contribution in [0.3, 0.4) is 0 Å². The first-order valence-corrected chi connectivity index (χ1v) is 22.3. The van der Waals surface area contributed by atoms with Crippen molar-refractivity contribution in [2.45, 2.75) is 167 Å². The van der Waals surface area contributed by atoms with E-state index in [0.717, 1.165) is 0 Å². The van der Waals surface area contributed by atoms with Crippen molar-refractivity contribution in [2.75, 3.05) is 30.5 Å². The van der Waals surface area contributed by atoms with Gasteiger partial charge in [0.05, 0.1) is 18.0 Å². The summed E-state index contributed by atoms with van der Waals surface area (Å²) in [7, 11) is 0. The molecular weight excluding hydrogens is 893 g/mol. The molecule has 4 aromatic heterocycles. The molecule has 68 heavy (non-hydrogen) atoms. The Kier molecular flexibility index (Phi) is 13.6. The number of fused-ring (bicyclic) bond motifs is 4. The van der Waals surface area contributed by atoms with Crippen LogP contribution in [0.5, 0.6) is 0 Å². The van der Waals surface area contributed by atoms with Crippen LogP contribution in [0.2, 0.25) is 0 Å². The fourth-order valence-electron chi connectivity index (χ4n) is 8.64. The molecular formula is C45H62N8O15. The molecule has 4 fully saturated rings. The Morgan fingerprint density at radius 3 is 1.43 bits per heavy atom. The summed E-state index contributed by atoms with van der Waals surface area (Å²) in [6, 6.07) is 7.13. The average molecular weight is 955 g/mol. The molecule has 0 radical (unpaired) electrons. The number of hydrogen-bond donors (Lipinski definition) is 3. The molecule has 0 unspecified atom stereocenters. The number of carbonyl (C=O) groups is 4. The quantitative estimate of drug-likeness (QED) is 0.134. The van der Waals surface area contributed by atoms with Crippen LogP contribution in [0.1, 0.15) is 120 Å². The van der Waals surface area contributed by atoms with Crippen molar-refractivity contribution in [3.05, 3.63) is 48.3 Å². The maximum absolute atomic E-state index is 12.3. The lowest BCUT2D eigenvalue weighted by Gasteiger charge is -2.33. The fourth-order valence-corrected chi connectivity index (χ4v) is 8.64. The van der Waals surface area contributed by atoms with E-state index < -0.39 is 101 Å². The van der Waals surface area contributed by atoms with Crippen molar-refractivity contribution >= 4 is 46.8 Å². The molecule has 2 amide bonds. The van der Waals surface area contributed by atoms with Crippen molar-refractivity contribution in [1.29, 1.82) is 0 Å². The molecule has 0 aliphatic carbocycles. The van der Waals surface area contributed by atoms with Crippen LogP contribution >= 0.6 is 0 Å². The van der Waals surface area contributed by atoms with E-state index in [1.807, 2.05) is 26.8 Å². The second-order valence-electron chi connectivity index (χ2n) is 19.9. The number of esters is 2. The average Bonchev–Trinajstić information content (AvgIpc) is 4.06. The number of aliphatic hydroxyl groups is 1. The Balaban J connectivity index is 0.000000201. The summed E-state index contributed by atoms with van der Waals surface area (Å²) in [6.45, 7) is 21.8. The summed E-state index contributed by atoms with van der Waals surface area (Å²) in [5.74, 6) is -2.13. The molecule has 8 heterocycles. The molecule has 23 heteroatoms. The van der Waals surface area contributed by atoms with Gasteiger partial charge in [-0.15, -0.1) is 0 Å². The third-order valence-corrected chi connectivity index (χ3v) is 11.3. The fraction of sp³-hybridized carbons (Fsp3) is 0.644. The van der Waals surface area contributed by atoms with E-state index in [-0.39, 0.29) is 19.0 Å². The first kappa shape index (κ1) is 50.3. The molecule has 4 aliphatic heterocycles. The number of rotatable bonds is 10. The molecule has 0 bridgehead atoms. The lowest BCUT2D eigenvalue weighted by Crippen LogP contribution is -2.50. The molecule has 4 aliphatic rings. The highest BCUT2D eigenvalue weighted by molar-refractivity contribution is 5.89. The number of aromatic nitrogens is 6. The lowest BCUT2D eigenvalue weighted by atomic mass is 9.92. The Morgan fingerprint density at radius 1 is 0.647 bits per heavy atom. The summed E-state index contributed by atoms with van der Waals surface area (Å²) in [5, 5.41) is 24.3. The standard InChI is InChI=1S/C23H32N4O7.C22H30N4O8/c1-8-23(11-30-13(2)28)18-17(31-22(6,7)33-18)16(32-23)14-9-10-15-19(24-12-25-27(14)15)26-20(29)34-21(3,4)5;1-12(28)30-10-22(9-27)17-16(31-21(5,6)33-17)15(32-22)13-7-8-14-18(23-11-24-26(13)14)25-19(29)34-20(2,3)4/h9-10,12,16-18H,8,11H2,1-7H3,(H,24,25,26,29);7-8,11,15-17,27H,9-10H2,1-6H3,(H,23,24,25,29)/t16-,17-,18-,23+;15-,16-,17-,22+/m00/s1. The van der Waals surface area contributed by atoms with Crippen LogP contribution in [0.15, 0.2) is 36.9 Å². The number of nitrogens with zero attached hydrogens (tertiary/aromatic N) is 6. The molecule has 0 spiro atoms. The number of amides is 2. The van der Waals surface area contributed by atoms with E-state index >= 15 is 0 Å². The number of carbonyl (C=O) groups excluding carboxylic acids is 4. The molecule has 4 saturated heterocycles. The molecule has 3 N–H and O–H groups in total. The Morgan fingerprint density at radius 2 is 1.04 bits per heavy atom. The van der Waals surface area contributed by atoms with Crippen molar-refractivity contribution in [1.82, 2.24) is 29.2 Å². The highest BCUT2D eigenvalue weighted by Crippen LogP contribution is 2.52. The topological polar surface area (TPSA) is 265 Å². The van der Waals surface area contributed by atoms with E-state index in [4.69, 9.17) is 47.4 Å². The van der Waals surface area contributed by atoms with Gasteiger partial charge in [0.15, 0.2) is 28.8 Å². The van der Waals surface area contributed by atoms with Crippen molar-refractivity contribution in [3.63, 3.8) is 0 Å². The van der Waals surface area contributed by atoms with Crippen molar-refractivity contribution in [2.24, 2.45) is 0 Å². The van der Waals surface area contributed by atoms with E-state index in [9.17, 15) is 24.3 Å². The number of hydrogen-bond acceptors (Lipinski definition) is 19. The predicted molar refractivity (Wildman–Crippen MR) is 237 cm³/mol. The van der Waals surface area contributed by atoms with Gasteiger partial charge in [-0.05, 0) is 99.9 Å². The predicted octanol–water partition coefficient (Wildman–Crippen LogP) is 5.34. The number of aliphatic hydroxyl groups excluding tert-OH is 1. The summed E-state index contributed by atoms with van der Waals surface area (Å²) in [5.41, 5.74) is -1.19. The first-order valence-electron chi connectivity index (χ1n) is 22.3. The van der Waals surface area contributed by atoms with Gasteiger partial charge in [0.2, 0.25) is 0 Å². The van der Waals surface area contributed by atoms with E-state index in [1.165, 1.54) is 26.5 Å². The summed E-state index contributed by atoms with van der Waals surface area (Å²) >= 11 is 0. The highest BCUT2D eigenvalue weighted by atomic mass is 16.8. The Labute approximate surface area is 392 Å². The largest absolute Gasteiger partial charge is 0.463 e. The van der Waals surface area contributed by atoms with Crippen LogP contribution in [0.25, 0.3) is 11.0 Å². The van der Waals surface area contributed by atoms with Crippen LogP contribution < -0.4 is 10.6 Å². The van der Waals surface area contributed by atoms with Gasteiger partial charge in [0, 0.05) is 13.8 Å². The van der Waals surface area contributed by atoms with E-state index in [0.29, 0.717) is 34.7 Å². The third kappa shape index (κ3) is 10.5. The van der Waals surface area contributed by atoms with Crippen LogP contribution in [-0.2, 0) is 57.0 Å². The lowest BCUT2D eigenvalue weighted by molar-refractivity contribution is -0.227. The van der Waals surface area contributed by atoms with E-state index in [1.54, 1.807) is 82.6 Å². The van der Waals surface area contributed by atoms with Gasteiger partial charge in [0.1, 0.15) is 90.3 Å². The third-order valence-electron chi connectivity index (χ3n) is 11.3. The molecule has 4 aromatic rings. The molecule has 0 saturated carbocycles. The van der Waals surface area contributed by atoms with Crippen LogP contribution in [0.4, 0.5) is 21.2 Å². The summed E-state index contributed by atoms with van der Waals surface area (Å²) in [4.78, 5) is 56.0. The minimum absolute atomic E-state index is 0.0414. The van der Waals surface area contributed by atoms with Crippen LogP contribution in [-0.4, -0.2) is 137 Å². The zero-order chi connectivity index (χ0) is 49.8. The maximum Gasteiger partial charge on any atom is 0.413 e. The van der Waals surface area contributed by atoms with Gasteiger partial charge < -0.3 is 52.5 Å². The normalized spacial score (nSPS) is 28.0. The summed E-state index contributed by atoms with van der Waals surface area (Å²) in [6.07, 6.45) is -1.60. The minimum atomic E-state index is -1.33. The maximum atomic E-state index is 12.3. The number of anilines is 2. The Bertz CT molecular complexity index is 2360. The molecule has 23 nitrogen and oxygen atoms in total. The van der Waals surface area contributed by atoms with Gasteiger partial charge in [-0.2, -0.15) is 10.2 Å². The second kappa shape index (κ2) is 18.4. The number of ether oxygens (including phenoxy) is 10. The first-order chi connectivity index (χ1) is 31.7. The second-order valence-corrected chi connectivity index (χ2v) is 19.9. The Hall–Kier alpha value is -5.56. The summed E-state index contributed by atoms with van der Waals surface area (Å²) < 4.78 is 61.9. The zero-order valence-electron chi connectivity index (χ0n) is 40.6. The van der Waals surface area contributed by atoms with Gasteiger partial charge >= 0.3 is 24.1 Å². The van der Waals surface area contributed by atoms with Gasteiger partial charge in [-0.1, -0.05) is 6.92 Å². The van der Waals surface area contributed by atoms with E-state index in [2.05, 4.69) is 30.8 Å². The van der Waals surface area contributed by atoms with Gasteiger partial charge in [0.25, 0.3) is 0 Å². The molecule has 8 rings (SSSR count). The minimum Gasteiger partial charge on any atom is -0.463 e. The number of nitrogens with one attached hydrogen (secondary N) is 2. The van der Waals surface area contributed by atoms with Crippen molar-refractivity contribution < 1.29 is 71.7 Å². The molecule has 8 atom stereocenters. The molecule has 372 valence electrons. The van der Waals surface area contributed by atoms with Gasteiger partial charge in [-0.3, -0.25) is 20.2 Å². The zero-order valence-corrected chi connectivity index (χ0v) is 40.6. The smallest absolute Gasteiger partial charge is 0.413 e. The highest BCUT2D eigenvalue weighted by Gasteiger charge is 2.65.